The molecule has 1 aromatic heterocycles. The summed E-state index contributed by atoms with van der Waals surface area (Å²) in [6.45, 7) is 0. The highest BCUT2D eigenvalue weighted by Crippen LogP contribution is 2.20. The van der Waals surface area contributed by atoms with Gasteiger partial charge >= 0.3 is 0 Å². The number of aromatic nitrogens is 3. The van der Waals surface area contributed by atoms with Gasteiger partial charge in [0.05, 0.1) is 12.1 Å². The van der Waals surface area contributed by atoms with E-state index in [4.69, 9.17) is 5.73 Å². The van der Waals surface area contributed by atoms with E-state index in [2.05, 4.69) is 20.5 Å². The Hall–Kier alpha value is -1.30. The second kappa shape index (κ2) is 3.83. The van der Waals surface area contributed by atoms with Crippen LogP contribution in [0, 0.1) is 0 Å². The Bertz CT molecular complexity index is 300. The Kier molecular flexibility index (Phi) is 2.53. The molecule has 1 aliphatic carbocycles. The fourth-order valence-electron chi connectivity index (χ4n) is 1.78. The molecule has 78 valence electrons. The first-order chi connectivity index (χ1) is 6.75. The number of aliphatic hydroxyl groups is 1. The van der Waals surface area contributed by atoms with Gasteiger partial charge in [-0.25, -0.2) is 5.10 Å². The fourth-order valence-corrected chi connectivity index (χ4v) is 1.78. The second-order valence-corrected chi connectivity index (χ2v) is 3.65. The van der Waals surface area contributed by atoms with E-state index in [0.717, 1.165) is 25.7 Å². The molecule has 2 atom stereocenters. The molecule has 0 aliphatic heterocycles. The maximum atomic E-state index is 9.68. The minimum atomic E-state index is -0.302. The molecule has 6 heteroatoms. The molecule has 0 aromatic carbocycles. The number of rotatable bonds is 2. The van der Waals surface area contributed by atoms with Gasteiger partial charge in [0.25, 0.3) is 0 Å². The smallest absolute Gasteiger partial charge is 0.243 e. The maximum absolute atomic E-state index is 9.68. The van der Waals surface area contributed by atoms with E-state index in [-0.39, 0.29) is 18.1 Å². The van der Waals surface area contributed by atoms with Crippen molar-refractivity contribution in [1.82, 2.24) is 15.2 Å². The first kappa shape index (κ1) is 9.26. The largest absolute Gasteiger partial charge is 0.391 e. The van der Waals surface area contributed by atoms with Crippen LogP contribution in [0.25, 0.3) is 0 Å². The molecule has 0 radical (unpaired) electrons. The van der Waals surface area contributed by atoms with Gasteiger partial charge in [-0.1, -0.05) is 12.8 Å². The number of aliphatic hydroxyl groups excluding tert-OH is 1. The van der Waals surface area contributed by atoms with Gasteiger partial charge in [-0.05, 0) is 12.8 Å². The molecule has 2 rings (SSSR count). The normalized spacial score (nSPS) is 27.5. The standard InChI is InChI=1S/C8H15N5O/c9-7-11-8(13-12-7)10-5-3-1-2-4-6(5)14/h5-6,14H,1-4H2,(H4,9,10,11,12,13). The van der Waals surface area contributed by atoms with Crippen LogP contribution in [-0.2, 0) is 0 Å². The molecule has 2 unspecified atom stereocenters. The molecule has 0 saturated heterocycles. The first-order valence-electron chi connectivity index (χ1n) is 4.88. The monoisotopic (exact) mass is 197 g/mol. The Morgan fingerprint density at radius 1 is 1.43 bits per heavy atom. The lowest BCUT2D eigenvalue weighted by molar-refractivity contribution is 0.116. The van der Waals surface area contributed by atoms with Crippen molar-refractivity contribution >= 4 is 11.9 Å². The molecule has 5 N–H and O–H groups in total. The molecule has 14 heavy (non-hydrogen) atoms. The van der Waals surface area contributed by atoms with Crippen LogP contribution in [0.15, 0.2) is 0 Å². The van der Waals surface area contributed by atoms with Gasteiger partial charge in [0.2, 0.25) is 11.9 Å². The van der Waals surface area contributed by atoms with Crippen molar-refractivity contribution in [3.8, 4) is 0 Å². The minimum absolute atomic E-state index is 0.0546. The summed E-state index contributed by atoms with van der Waals surface area (Å²) < 4.78 is 0. The van der Waals surface area contributed by atoms with Crippen molar-refractivity contribution in [3.63, 3.8) is 0 Å². The minimum Gasteiger partial charge on any atom is -0.391 e. The first-order valence-corrected chi connectivity index (χ1v) is 4.88. The molecule has 1 aliphatic rings. The highest BCUT2D eigenvalue weighted by Gasteiger charge is 2.23. The molecular formula is C8H15N5O. The Morgan fingerprint density at radius 3 is 2.86 bits per heavy atom. The Morgan fingerprint density at radius 2 is 2.21 bits per heavy atom. The lowest BCUT2D eigenvalue weighted by Gasteiger charge is -2.27. The summed E-state index contributed by atoms with van der Waals surface area (Å²) in [7, 11) is 0. The second-order valence-electron chi connectivity index (χ2n) is 3.65. The van der Waals surface area contributed by atoms with Crippen molar-refractivity contribution in [2.45, 2.75) is 37.8 Å². The highest BCUT2D eigenvalue weighted by molar-refractivity contribution is 5.31. The molecule has 0 spiro atoms. The predicted octanol–water partition coefficient (Wildman–Crippen LogP) is 0.102. The van der Waals surface area contributed by atoms with Gasteiger partial charge < -0.3 is 16.2 Å². The van der Waals surface area contributed by atoms with Crippen LogP contribution in [0.2, 0.25) is 0 Å². The zero-order valence-electron chi connectivity index (χ0n) is 7.90. The van der Waals surface area contributed by atoms with Gasteiger partial charge in [0.1, 0.15) is 0 Å². The van der Waals surface area contributed by atoms with Crippen LogP contribution < -0.4 is 11.1 Å². The number of H-pyrrole nitrogens is 1. The van der Waals surface area contributed by atoms with Crippen LogP contribution in [0.1, 0.15) is 25.7 Å². The van der Waals surface area contributed by atoms with E-state index in [9.17, 15) is 5.11 Å². The number of nitrogens with two attached hydrogens (primary N) is 1. The summed E-state index contributed by atoms with van der Waals surface area (Å²) in [6, 6.07) is 0.0546. The number of hydrogen-bond acceptors (Lipinski definition) is 5. The Labute approximate surface area is 81.9 Å². The molecule has 1 aromatic rings. The van der Waals surface area contributed by atoms with Crippen LogP contribution in [0.4, 0.5) is 11.9 Å². The van der Waals surface area contributed by atoms with E-state index in [1.165, 1.54) is 0 Å². The number of anilines is 2. The van der Waals surface area contributed by atoms with Crippen LogP contribution in [0.5, 0.6) is 0 Å². The predicted molar refractivity (Wildman–Crippen MR) is 52.7 cm³/mol. The van der Waals surface area contributed by atoms with E-state index in [1.807, 2.05) is 0 Å². The number of aromatic amines is 1. The summed E-state index contributed by atoms with van der Waals surface area (Å²) >= 11 is 0. The molecule has 1 fully saturated rings. The fraction of sp³-hybridized carbons (Fsp3) is 0.750. The molecule has 1 saturated carbocycles. The van der Waals surface area contributed by atoms with E-state index >= 15 is 0 Å². The van der Waals surface area contributed by atoms with Crippen molar-refractivity contribution in [1.29, 1.82) is 0 Å². The van der Waals surface area contributed by atoms with Gasteiger partial charge in [-0.2, -0.15) is 4.98 Å². The number of nitrogens with zero attached hydrogens (tertiary/aromatic N) is 2. The summed E-state index contributed by atoms with van der Waals surface area (Å²) in [4.78, 5) is 3.93. The van der Waals surface area contributed by atoms with E-state index in [1.54, 1.807) is 0 Å². The van der Waals surface area contributed by atoms with Crippen molar-refractivity contribution in [2.75, 3.05) is 11.1 Å². The quantitative estimate of drug-likeness (QED) is 0.539. The number of nitrogens with one attached hydrogen (secondary N) is 2. The summed E-state index contributed by atoms with van der Waals surface area (Å²) in [6.07, 6.45) is 3.72. The molecule has 0 bridgehead atoms. The maximum Gasteiger partial charge on any atom is 0.243 e. The van der Waals surface area contributed by atoms with E-state index in [0.29, 0.717) is 5.95 Å². The third-order valence-corrected chi connectivity index (χ3v) is 2.55. The summed E-state index contributed by atoms with van der Waals surface area (Å²) in [5.74, 6) is 0.756. The van der Waals surface area contributed by atoms with Crippen molar-refractivity contribution in [2.24, 2.45) is 0 Å². The number of hydrogen-bond donors (Lipinski definition) is 4. The average Bonchev–Trinajstić information content (AvgIpc) is 2.56. The average molecular weight is 197 g/mol. The summed E-state index contributed by atoms with van der Waals surface area (Å²) in [5, 5.41) is 19.2. The Balaban J connectivity index is 1.95. The molecule has 6 nitrogen and oxygen atoms in total. The van der Waals surface area contributed by atoms with Crippen molar-refractivity contribution < 1.29 is 5.11 Å². The van der Waals surface area contributed by atoms with Crippen LogP contribution in [0.3, 0.4) is 0 Å². The molecule has 1 heterocycles. The SMILES string of the molecule is Nc1nc(NC2CCCCC2O)n[nH]1. The third-order valence-electron chi connectivity index (χ3n) is 2.55. The van der Waals surface area contributed by atoms with Gasteiger partial charge in [0.15, 0.2) is 0 Å². The molecule has 0 amide bonds. The van der Waals surface area contributed by atoms with Gasteiger partial charge in [-0.3, -0.25) is 0 Å². The van der Waals surface area contributed by atoms with E-state index < -0.39 is 0 Å². The number of nitrogen functional groups attached to an aromatic ring is 1. The lowest BCUT2D eigenvalue weighted by Crippen LogP contribution is -2.36. The summed E-state index contributed by atoms with van der Waals surface area (Å²) in [5.41, 5.74) is 5.39. The van der Waals surface area contributed by atoms with Crippen LogP contribution >= 0.6 is 0 Å². The van der Waals surface area contributed by atoms with Crippen molar-refractivity contribution in [3.05, 3.63) is 0 Å². The van der Waals surface area contributed by atoms with Gasteiger partial charge in [0, 0.05) is 0 Å². The van der Waals surface area contributed by atoms with Gasteiger partial charge in [-0.15, -0.1) is 5.10 Å². The zero-order chi connectivity index (χ0) is 9.97. The lowest BCUT2D eigenvalue weighted by atomic mass is 9.93. The third kappa shape index (κ3) is 1.95. The highest BCUT2D eigenvalue weighted by atomic mass is 16.3. The zero-order valence-corrected chi connectivity index (χ0v) is 7.90. The van der Waals surface area contributed by atoms with Crippen LogP contribution in [-0.4, -0.2) is 32.4 Å². The molecular weight excluding hydrogens is 182 g/mol. The topological polar surface area (TPSA) is 99.8 Å².